The van der Waals surface area contributed by atoms with Crippen LogP contribution in [-0.4, -0.2) is 83.4 Å². The summed E-state index contributed by atoms with van der Waals surface area (Å²) in [6.45, 7) is 6.82. The Hall–Kier alpha value is -3.75. The highest BCUT2D eigenvalue weighted by Crippen LogP contribution is 2.29. The van der Waals surface area contributed by atoms with E-state index in [9.17, 15) is 9.59 Å². The smallest absolute Gasteiger partial charge is 0.256 e. The van der Waals surface area contributed by atoms with Crippen LogP contribution in [-0.2, 0) is 17.9 Å². The van der Waals surface area contributed by atoms with Crippen LogP contribution in [0.1, 0.15) is 33.5 Å². The van der Waals surface area contributed by atoms with E-state index in [1.54, 1.807) is 36.5 Å². The van der Waals surface area contributed by atoms with Crippen LogP contribution in [0.4, 0.5) is 0 Å². The molecule has 2 aromatic carbocycles. The van der Waals surface area contributed by atoms with Gasteiger partial charge in [-0.05, 0) is 48.7 Å². The number of aromatic nitrogens is 1. The van der Waals surface area contributed by atoms with Crippen LogP contribution >= 0.6 is 0 Å². The summed E-state index contributed by atoms with van der Waals surface area (Å²) in [6.07, 6.45) is 3.83. The molecule has 3 heterocycles. The minimum Gasteiger partial charge on any atom is -0.497 e. The average Bonchev–Trinajstić information content (AvgIpc) is 3.43. The van der Waals surface area contributed by atoms with Crippen molar-refractivity contribution in [3.63, 3.8) is 0 Å². The van der Waals surface area contributed by atoms with Gasteiger partial charge in [0.15, 0.2) is 0 Å². The first-order valence-electron chi connectivity index (χ1n) is 13.6. The molecule has 2 amide bonds. The van der Waals surface area contributed by atoms with Crippen LogP contribution in [0, 0.1) is 6.92 Å². The third-order valence-electron chi connectivity index (χ3n) is 7.70. The molecule has 8 heteroatoms. The zero-order chi connectivity index (χ0) is 27.2. The highest BCUT2D eigenvalue weighted by Gasteiger charge is 2.43. The van der Waals surface area contributed by atoms with Crippen molar-refractivity contribution < 1.29 is 14.3 Å². The first kappa shape index (κ1) is 26.8. The number of likely N-dealkylation sites (tertiary alicyclic amines) is 1. The molecule has 0 saturated carbocycles. The average molecular weight is 528 g/mol. The summed E-state index contributed by atoms with van der Waals surface area (Å²) in [5, 5.41) is 3.31. The SMILES string of the molecule is COc1cccc(CN(Cc2ccc(C)cc2)C2CC(C(=O)N3CCNCC3)N(C(=O)c3cccnc3)C2)c1. The first-order valence-corrected chi connectivity index (χ1v) is 13.6. The van der Waals surface area contributed by atoms with Gasteiger partial charge in [0, 0.05) is 64.2 Å². The molecule has 39 heavy (non-hydrogen) atoms. The Labute approximate surface area is 230 Å². The Balaban J connectivity index is 1.45. The van der Waals surface area contributed by atoms with Crippen molar-refractivity contribution in [2.24, 2.45) is 0 Å². The number of nitrogens with one attached hydrogen (secondary N) is 1. The van der Waals surface area contributed by atoms with Gasteiger partial charge in [-0.3, -0.25) is 19.5 Å². The van der Waals surface area contributed by atoms with E-state index in [0.717, 1.165) is 24.4 Å². The third kappa shape index (κ3) is 6.46. The van der Waals surface area contributed by atoms with Crippen molar-refractivity contribution in [3.05, 3.63) is 95.3 Å². The van der Waals surface area contributed by atoms with Crippen LogP contribution in [0.15, 0.2) is 73.1 Å². The molecule has 1 aromatic heterocycles. The summed E-state index contributed by atoms with van der Waals surface area (Å²) >= 11 is 0. The van der Waals surface area contributed by atoms with Gasteiger partial charge in [0.25, 0.3) is 5.91 Å². The topological polar surface area (TPSA) is 78.0 Å². The maximum Gasteiger partial charge on any atom is 0.256 e. The molecular formula is C31H37N5O3. The van der Waals surface area contributed by atoms with E-state index in [2.05, 4.69) is 58.5 Å². The molecule has 2 aliphatic heterocycles. The lowest BCUT2D eigenvalue weighted by molar-refractivity contribution is -0.135. The number of carbonyl (C=O) groups excluding carboxylic acids is 2. The number of ether oxygens (including phenoxy) is 1. The van der Waals surface area contributed by atoms with Crippen molar-refractivity contribution in [2.75, 3.05) is 39.8 Å². The molecule has 2 saturated heterocycles. The van der Waals surface area contributed by atoms with Gasteiger partial charge in [-0.15, -0.1) is 0 Å². The van der Waals surface area contributed by atoms with Crippen molar-refractivity contribution >= 4 is 11.8 Å². The Morgan fingerprint density at radius 2 is 1.79 bits per heavy atom. The maximum atomic E-state index is 13.8. The molecule has 0 radical (unpaired) electrons. The molecule has 5 rings (SSSR count). The van der Waals surface area contributed by atoms with E-state index in [1.807, 2.05) is 17.0 Å². The van der Waals surface area contributed by atoms with Gasteiger partial charge in [-0.1, -0.05) is 42.0 Å². The molecule has 1 N–H and O–H groups in total. The molecule has 8 nitrogen and oxygen atoms in total. The fourth-order valence-corrected chi connectivity index (χ4v) is 5.54. The quantitative estimate of drug-likeness (QED) is 0.485. The molecule has 2 unspecified atom stereocenters. The van der Waals surface area contributed by atoms with Gasteiger partial charge >= 0.3 is 0 Å². The van der Waals surface area contributed by atoms with Gasteiger partial charge in [-0.25, -0.2) is 0 Å². The summed E-state index contributed by atoms with van der Waals surface area (Å²) < 4.78 is 5.47. The number of hydrogen-bond acceptors (Lipinski definition) is 6. The number of piperazine rings is 1. The third-order valence-corrected chi connectivity index (χ3v) is 7.70. The minimum atomic E-state index is -0.508. The van der Waals surface area contributed by atoms with E-state index in [-0.39, 0.29) is 17.9 Å². The number of nitrogens with zero attached hydrogens (tertiary/aromatic N) is 4. The molecule has 2 fully saturated rings. The van der Waals surface area contributed by atoms with Gasteiger partial charge in [0.2, 0.25) is 5.91 Å². The molecule has 0 spiro atoms. The summed E-state index contributed by atoms with van der Waals surface area (Å²) in [5.41, 5.74) is 4.05. The second-order valence-corrected chi connectivity index (χ2v) is 10.4. The van der Waals surface area contributed by atoms with Crippen molar-refractivity contribution in [3.8, 4) is 5.75 Å². The van der Waals surface area contributed by atoms with Crippen molar-refractivity contribution in [1.29, 1.82) is 0 Å². The largest absolute Gasteiger partial charge is 0.497 e. The Morgan fingerprint density at radius 1 is 1.03 bits per heavy atom. The number of hydrogen-bond donors (Lipinski definition) is 1. The van der Waals surface area contributed by atoms with Gasteiger partial charge in [0.1, 0.15) is 11.8 Å². The van der Waals surface area contributed by atoms with E-state index < -0.39 is 6.04 Å². The predicted octanol–water partition coefficient (Wildman–Crippen LogP) is 3.12. The molecular weight excluding hydrogens is 490 g/mol. The minimum absolute atomic E-state index is 0.00925. The van der Waals surface area contributed by atoms with Crippen LogP contribution in [0.5, 0.6) is 5.75 Å². The van der Waals surface area contributed by atoms with Crippen molar-refractivity contribution in [2.45, 2.75) is 38.5 Å². The first-order chi connectivity index (χ1) is 19.0. The van der Waals surface area contributed by atoms with Crippen LogP contribution in [0.2, 0.25) is 0 Å². The molecule has 3 aromatic rings. The monoisotopic (exact) mass is 527 g/mol. The normalized spacial score (nSPS) is 19.4. The number of pyridine rings is 1. The maximum absolute atomic E-state index is 13.8. The van der Waals surface area contributed by atoms with Gasteiger partial charge in [0.05, 0.1) is 12.7 Å². The van der Waals surface area contributed by atoms with Crippen LogP contribution < -0.4 is 10.1 Å². The second kappa shape index (κ2) is 12.4. The molecule has 0 aliphatic carbocycles. The fraction of sp³-hybridized carbons (Fsp3) is 0.387. The lowest BCUT2D eigenvalue weighted by Crippen LogP contribution is -2.53. The number of carbonyl (C=O) groups is 2. The fourth-order valence-electron chi connectivity index (χ4n) is 5.54. The second-order valence-electron chi connectivity index (χ2n) is 10.4. The number of benzene rings is 2. The van der Waals surface area contributed by atoms with E-state index >= 15 is 0 Å². The standard InChI is InChI=1S/C31H37N5O3/c1-23-8-10-24(11-9-23)20-35(21-25-5-3-7-28(17-25)39-2)27-18-29(31(38)34-15-13-32-14-16-34)36(22-27)30(37)26-6-4-12-33-19-26/h3-12,17,19,27,29,32H,13-16,18,20-22H2,1-2H3. The summed E-state index contributed by atoms with van der Waals surface area (Å²) in [6, 6.07) is 19.7. The highest BCUT2D eigenvalue weighted by atomic mass is 16.5. The number of rotatable bonds is 8. The van der Waals surface area contributed by atoms with Gasteiger partial charge in [-0.2, -0.15) is 0 Å². The number of amides is 2. The summed E-state index contributed by atoms with van der Waals surface area (Å²) in [7, 11) is 1.68. The molecule has 2 aliphatic rings. The zero-order valence-electron chi connectivity index (χ0n) is 22.8. The molecule has 2 atom stereocenters. The van der Waals surface area contributed by atoms with E-state index in [4.69, 9.17) is 4.74 Å². The molecule has 204 valence electrons. The Kier molecular flexibility index (Phi) is 8.54. The lowest BCUT2D eigenvalue weighted by atomic mass is 10.1. The van der Waals surface area contributed by atoms with Crippen molar-refractivity contribution in [1.82, 2.24) is 25.0 Å². The number of aryl methyl sites for hydroxylation is 1. The summed E-state index contributed by atoms with van der Waals surface area (Å²) in [4.78, 5) is 37.8. The highest BCUT2D eigenvalue weighted by molar-refractivity contribution is 5.97. The number of methoxy groups -OCH3 is 1. The Bertz CT molecular complexity index is 1260. The van der Waals surface area contributed by atoms with E-state index in [1.165, 1.54) is 11.1 Å². The van der Waals surface area contributed by atoms with Gasteiger partial charge < -0.3 is 19.9 Å². The lowest BCUT2D eigenvalue weighted by Gasteiger charge is -2.32. The Morgan fingerprint density at radius 3 is 2.51 bits per heavy atom. The van der Waals surface area contributed by atoms with Crippen LogP contribution in [0.25, 0.3) is 0 Å². The van der Waals surface area contributed by atoms with Crippen LogP contribution in [0.3, 0.4) is 0 Å². The summed E-state index contributed by atoms with van der Waals surface area (Å²) in [5.74, 6) is 0.706. The molecule has 0 bridgehead atoms. The predicted molar refractivity (Wildman–Crippen MR) is 150 cm³/mol. The van der Waals surface area contributed by atoms with E-state index in [0.29, 0.717) is 44.7 Å². The zero-order valence-corrected chi connectivity index (χ0v) is 22.8.